The summed E-state index contributed by atoms with van der Waals surface area (Å²) in [4.78, 5) is 1.40. The Hall–Kier alpha value is -0.750. The fourth-order valence-electron chi connectivity index (χ4n) is 2.19. The van der Waals surface area contributed by atoms with Gasteiger partial charge >= 0.3 is 0 Å². The van der Waals surface area contributed by atoms with Gasteiger partial charge in [0, 0.05) is 15.4 Å². The molecular formula is C15H18BrFN2S. The molecule has 0 saturated heterocycles. The molecule has 1 atom stereocenters. The fraction of sp³-hybridized carbons (Fsp3) is 0.333. The van der Waals surface area contributed by atoms with Crippen molar-refractivity contribution in [1.82, 2.24) is 5.43 Å². The van der Waals surface area contributed by atoms with Crippen molar-refractivity contribution in [3.8, 4) is 0 Å². The molecule has 0 fully saturated rings. The first kappa shape index (κ1) is 15.6. The van der Waals surface area contributed by atoms with Crippen molar-refractivity contribution in [2.75, 3.05) is 0 Å². The van der Waals surface area contributed by atoms with Gasteiger partial charge in [-0.15, -0.1) is 11.3 Å². The topological polar surface area (TPSA) is 38.0 Å². The maximum atomic E-state index is 13.3. The van der Waals surface area contributed by atoms with E-state index in [1.54, 1.807) is 23.5 Å². The van der Waals surface area contributed by atoms with Crippen LogP contribution in [-0.2, 0) is 12.8 Å². The molecule has 0 radical (unpaired) electrons. The van der Waals surface area contributed by atoms with E-state index in [9.17, 15) is 4.39 Å². The van der Waals surface area contributed by atoms with E-state index in [1.807, 2.05) is 0 Å². The number of thiophene rings is 1. The van der Waals surface area contributed by atoms with Gasteiger partial charge in [0.1, 0.15) is 5.82 Å². The molecule has 1 heterocycles. The Balaban J connectivity index is 1.86. The van der Waals surface area contributed by atoms with E-state index in [1.165, 1.54) is 10.9 Å². The smallest absolute Gasteiger partial charge is 0.123 e. The number of halogens is 2. The third kappa shape index (κ3) is 4.66. The number of hydrazine groups is 1. The second kappa shape index (κ2) is 7.88. The summed E-state index contributed by atoms with van der Waals surface area (Å²) in [6, 6.07) is 9.14. The lowest BCUT2D eigenvalue weighted by Gasteiger charge is -2.16. The minimum absolute atomic E-state index is 0.160. The standard InChI is InChI=1S/C15H18BrFN2S/c16-15-7-6-12(17)9-11(15)10-13(19-18)3-1-4-14-5-2-8-20-14/h2,5-9,13,19H,1,3-4,10,18H2. The Bertz CT molecular complexity index is 531. The maximum Gasteiger partial charge on any atom is 0.123 e. The van der Waals surface area contributed by atoms with Crippen LogP contribution in [0.4, 0.5) is 4.39 Å². The molecule has 0 saturated carbocycles. The maximum absolute atomic E-state index is 13.3. The van der Waals surface area contributed by atoms with Gasteiger partial charge in [0.05, 0.1) is 0 Å². The van der Waals surface area contributed by atoms with Gasteiger partial charge in [-0.05, 0) is 60.9 Å². The van der Waals surface area contributed by atoms with E-state index >= 15 is 0 Å². The number of aryl methyl sites for hydroxylation is 1. The molecule has 108 valence electrons. The van der Waals surface area contributed by atoms with Gasteiger partial charge in [0.25, 0.3) is 0 Å². The molecule has 2 nitrogen and oxygen atoms in total. The van der Waals surface area contributed by atoms with Gasteiger partial charge in [0.2, 0.25) is 0 Å². The van der Waals surface area contributed by atoms with E-state index in [0.717, 1.165) is 35.7 Å². The number of hydrogen-bond acceptors (Lipinski definition) is 3. The number of benzene rings is 1. The van der Waals surface area contributed by atoms with Crippen LogP contribution in [0.1, 0.15) is 23.3 Å². The zero-order valence-electron chi connectivity index (χ0n) is 11.1. The number of nitrogens with one attached hydrogen (secondary N) is 1. The quantitative estimate of drug-likeness (QED) is 0.580. The van der Waals surface area contributed by atoms with E-state index < -0.39 is 0 Å². The van der Waals surface area contributed by atoms with Crippen LogP contribution in [0.15, 0.2) is 40.2 Å². The van der Waals surface area contributed by atoms with E-state index in [0.29, 0.717) is 0 Å². The predicted octanol–water partition coefficient (Wildman–Crippen LogP) is 4.05. The highest BCUT2D eigenvalue weighted by atomic mass is 79.9. The Morgan fingerprint density at radius 2 is 2.20 bits per heavy atom. The Morgan fingerprint density at radius 3 is 2.90 bits per heavy atom. The Kier molecular flexibility index (Phi) is 6.16. The van der Waals surface area contributed by atoms with Crippen molar-refractivity contribution < 1.29 is 4.39 Å². The lowest BCUT2D eigenvalue weighted by atomic mass is 10.0. The lowest BCUT2D eigenvalue weighted by molar-refractivity contribution is 0.475. The van der Waals surface area contributed by atoms with Crippen LogP contribution in [0.2, 0.25) is 0 Å². The van der Waals surface area contributed by atoms with Crippen LogP contribution in [0.25, 0.3) is 0 Å². The molecule has 0 aliphatic carbocycles. The first-order valence-electron chi connectivity index (χ1n) is 6.61. The number of nitrogens with two attached hydrogens (primary N) is 1. The van der Waals surface area contributed by atoms with Crippen LogP contribution >= 0.6 is 27.3 Å². The molecule has 3 N–H and O–H groups in total. The van der Waals surface area contributed by atoms with Gasteiger partial charge < -0.3 is 0 Å². The molecule has 2 rings (SSSR count). The SMILES string of the molecule is NNC(CCCc1cccs1)Cc1cc(F)ccc1Br. The molecule has 5 heteroatoms. The van der Waals surface area contributed by atoms with Crippen molar-refractivity contribution in [2.45, 2.75) is 31.7 Å². The van der Waals surface area contributed by atoms with Gasteiger partial charge in [-0.25, -0.2) is 4.39 Å². The Labute approximate surface area is 131 Å². The summed E-state index contributed by atoms with van der Waals surface area (Å²) in [6.45, 7) is 0. The molecule has 0 aliphatic heterocycles. The zero-order chi connectivity index (χ0) is 14.4. The average molecular weight is 357 g/mol. The molecule has 0 bridgehead atoms. The molecule has 1 unspecified atom stereocenters. The molecule has 20 heavy (non-hydrogen) atoms. The lowest BCUT2D eigenvalue weighted by Crippen LogP contribution is -2.36. The largest absolute Gasteiger partial charge is 0.271 e. The highest BCUT2D eigenvalue weighted by Crippen LogP contribution is 2.21. The van der Waals surface area contributed by atoms with E-state index in [4.69, 9.17) is 5.84 Å². The van der Waals surface area contributed by atoms with E-state index in [2.05, 4.69) is 38.9 Å². The van der Waals surface area contributed by atoms with Crippen LogP contribution in [0.5, 0.6) is 0 Å². The highest BCUT2D eigenvalue weighted by Gasteiger charge is 2.11. The fourth-order valence-corrected chi connectivity index (χ4v) is 3.35. The second-order valence-electron chi connectivity index (χ2n) is 4.78. The summed E-state index contributed by atoms with van der Waals surface area (Å²) in [5, 5.41) is 2.10. The third-order valence-electron chi connectivity index (χ3n) is 3.27. The molecular weight excluding hydrogens is 339 g/mol. The number of rotatable bonds is 7. The highest BCUT2D eigenvalue weighted by molar-refractivity contribution is 9.10. The monoisotopic (exact) mass is 356 g/mol. The number of hydrogen-bond donors (Lipinski definition) is 2. The summed E-state index contributed by atoms with van der Waals surface area (Å²) in [6.07, 6.45) is 3.83. The first-order valence-corrected chi connectivity index (χ1v) is 8.28. The summed E-state index contributed by atoms with van der Waals surface area (Å²) in [7, 11) is 0. The third-order valence-corrected chi connectivity index (χ3v) is 4.98. The summed E-state index contributed by atoms with van der Waals surface area (Å²) < 4.78 is 14.2. The van der Waals surface area contributed by atoms with Crippen LogP contribution < -0.4 is 11.3 Å². The summed E-state index contributed by atoms with van der Waals surface area (Å²) in [5.74, 6) is 5.40. The molecule has 0 spiro atoms. The summed E-state index contributed by atoms with van der Waals surface area (Å²) >= 11 is 5.24. The average Bonchev–Trinajstić information content (AvgIpc) is 2.94. The van der Waals surface area contributed by atoms with Crippen LogP contribution in [0.3, 0.4) is 0 Å². The van der Waals surface area contributed by atoms with E-state index in [-0.39, 0.29) is 11.9 Å². The van der Waals surface area contributed by atoms with Gasteiger partial charge in [-0.1, -0.05) is 22.0 Å². The first-order chi connectivity index (χ1) is 9.69. The van der Waals surface area contributed by atoms with Crippen LogP contribution in [-0.4, -0.2) is 6.04 Å². The van der Waals surface area contributed by atoms with Crippen molar-refractivity contribution in [1.29, 1.82) is 0 Å². The molecule has 1 aromatic heterocycles. The molecule has 2 aromatic rings. The van der Waals surface area contributed by atoms with Gasteiger partial charge in [-0.2, -0.15) is 0 Å². The predicted molar refractivity (Wildman–Crippen MR) is 86.2 cm³/mol. The minimum atomic E-state index is -0.211. The van der Waals surface area contributed by atoms with Crippen molar-refractivity contribution in [2.24, 2.45) is 5.84 Å². The van der Waals surface area contributed by atoms with Gasteiger partial charge in [-0.3, -0.25) is 11.3 Å². The van der Waals surface area contributed by atoms with Gasteiger partial charge in [0.15, 0.2) is 0 Å². The van der Waals surface area contributed by atoms with Crippen molar-refractivity contribution in [3.63, 3.8) is 0 Å². The van der Waals surface area contributed by atoms with Crippen LogP contribution in [0, 0.1) is 5.82 Å². The molecule has 0 amide bonds. The van der Waals surface area contributed by atoms with Crippen molar-refractivity contribution >= 4 is 27.3 Å². The minimum Gasteiger partial charge on any atom is -0.271 e. The normalized spacial score (nSPS) is 12.6. The zero-order valence-corrected chi connectivity index (χ0v) is 13.5. The second-order valence-corrected chi connectivity index (χ2v) is 6.66. The van der Waals surface area contributed by atoms with Crippen molar-refractivity contribution in [3.05, 3.63) is 56.4 Å². The summed E-state index contributed by atoms with van der Waals surface area (Å²) in [5.41, 5.74) is 3.79. The molecule has 1 aromatic carbocycles. The molecule has 0 aliphatic rings. The Morgan fingerprint density at radius 1 is 1.35 bits per heavy atom.